The summed E-state index contributed by atoms with van der Waals surface area (Å²) < 4.78 is 70.1. The van der Waals surface area contributed by atoms with E-state index in [1.54, 1.807) is 17.9 Å². The van der Waals surface area contributed by atoms with Crippen molar-refractivity contribution in [3.05, 3.63) is 40.7 Å². The number of hydrogen-bond donors (Lipinski definition) is 3. The Morgan fingerprint density at radius 3 is 2.32 bits per heavy atom. The van der Waals surface area contributed by atoms with E-state index in [0.717, 1.165) is 23.5 Å². The van der Waals surface area contributed by atoms with Crippen LogP contribution < -0.4 is 10.6 Å². The molecule has 1 aromatic heterocycles. The van der Waals surface area contributed by atoms with E-state index < -0.39 is 23.8 Å². The Kier molecular flexibility index (Phi) is 9.37. The second-order valence-corrected chi connectivity index (χ2v) is 8.98. The Morgan fingerprint density at radius 1 is 1.22 bits per heavy atom. The number of amides is 2. The summed E-state index contributed by atoms with van der Waals surface area (Å²) in [7, 11) is 0. The van der Waals surface area contributed by atoms with Gasteiger partial charge in [-0.1, -0.05) is 5.57 Å². The Bertz CT molecular complexity index is 1120. The third kappa shape index (κ3) is 8.35. The van der Waals surface area contributed by atoms with Crippen LogP contribution >= 0.6 is 11.5 Å². The normalized spacial score (nSPS) is 17.6. The summed E-state index contributed by atoms with van der Waals surface area (Å²) in [5.74, 6) is -3.35. The van der Waals surface area contributed by atoms with Gasteiger partial charge < -0.3 is 20.1 Å². The van der Waals surface area contributed by atoms with Gasteiger partial charge in [-0.25, -0.2) is 23.4 Å². The van der Waals surface area contributed by atoms with E-state index in [-0.39, 0.29) is 17.6 Å². The lowest BCUT2D eigenvalue weighted by atomic mass is 10.0. The number of halogens is 5. The van der Waals surface area contributed by atoms with Crippen LogP contribution in [0.25, 0.3) is 6.08 Å². The van der Waals surface area contributed by atoms with Crippen molar-refractivity contribution in [3.8, 4) is 0 Å². The molecule has 2 saturated heterocycles. The SMILES string of the molecule is Cc1nsc(NC(=O)N2CCC(=Cc3c(F)cc(NC4CCOC4)cc3F)CC2)n1.O=C(O)C(F)(F)F. The number of benzene rings is 1. The molecule has 3 heterocycles. The number of carbonyl (C=O) groups excluding carboxylic acids is 1. The van der Waals surface area contributed by atoms with Gasteiger partial charge in [0.15, 0.2) is 0 Å². The lowest BCUT2D eigenvalue weighted by Gasteiger charge is -2.28. The molecule has 9 nitrogen and oxygen atoms in total. The first-order valence-corrected chi connectivity index (χ1v) is 11.9. The number of nitrogens with zero attached hydrogens (tertiary/aromatic N) is 3. The fourth-order valence-corrected chi connectivity index (χ4v) is 4.12. The summed E-state index contributed by atoms with van der Waals surface area (Å²) in [6.45, 7) is 3.90. The topological polar surface area (TPSA) is 117 Å². The van der Waals surface area contributed by atoms with Crippen molar-refractivity contribution in [2.24, 2.45) is 0 Å². The van der Waals surface area contributed by atoms with Crippen LogP contribution in [-0.4, -0.2) is 69.9 Å². The lowest BCUT2D eigenvalue weighted by Crippen LogP contribution is -2.39. The molecule has 1 atom stereocenters. The number of ether oxygens (including phenoxy) is 1. The Labute approximate surface area is 212 Å². The Hall–Kier alpha value is -3.33. The smallest absolute Gasteiger partial charge is 0.475 e. The molecule has 2 aliphatic heterocycles. The minimum absolute atomic E-state index is 0.0412. The van der Waals surface area contributed by atoms with Crippen LogP contribution in [0.2, 0.25) is 0 Å². The van der Waals surface area contributed by atoms with Crippen LogP contribution in [0.3, 0.4) is 0 Å². The number of carboxylic acids is 1. The van der Waals surface area contributed by atoms with Gasteiger partial charge in [0.1, 0.15) is 17.5 Å². The quantitative estimate of drug-likeness (QED) is 0.475. The molecule has 0 spiro atoms. The van der Waals surface area contributed by atoms with Gasteiger partial charge in [-0.3, -0.25) is 5.32 Å². The maximum atomic E-state index is 14.5. The molecule has 0 saturated carbocycles. The second kappa shape index (κ2) is 12.3. The molecule has 0 aliphatic carbocycles. The summed E-state index contributed by atoms with van der Waals surface area (Å²) in [5.41, 5.74) is 1.29. The minimum Gasteiger partial charge on any atom is -0.475 e. The number of nitrogens with one attached hydrogen (secondary N) is 2. The van der Waals surface area contributed by atoms with Crippen molar-refractivity contribution >= 4 is 40.4 Å². The monoisotopic (exact) mass is 549 g/mol. The highest BCUT2D eigenvalue weighted by Gasteiger charge is 2.38. The first-order chi connectivity index (χ1) is 17.4. The van der Waals surface area contributed by atoms with Crippen molar-refractivity contribution in [1.82, 2.24) is 14.3 Å². The van der Waals surface area contributed by atoms with E-state index in [9.17, 15) is 26.7 Å². The fraction of sp³-hybridized carbons (Fsp3) is 0.455. The molecule has 37 heavy (non-hydrogen) atoms. The maximum absolute atomic E-state index is 14.5. The molecule has 4 rings (SSSR count). The van der Waals surface area contributed by atoms with Gasteiger partial charge in [-0.15, -0.1) is 0 Å². The number of aryl methyl sites for hydroxylation is 1. The molecule has 3 N–H and O–H groups in total. The summed E-state index contributed by atoms with van der Waals surface area (Å²) in [5, 5.41) is 13.4. The van der Waals surface area contributed by atoms with E-state index in [2.05, 4.69) is 20.0 Å². The summed E-state index contributed by atoms with van der Waals surface area (Å²) >= 11 is 1.13. The van der Waals surface area contributed by atoms with Gasteiger partial charge in [0.25, 0.3) is 0 Å². The van der Waals surface area contributed by atoms with E-state index in [1.807, 2.05) is 0 Å². The average molecular weight is 550 g/mol. The van der Waals surface area contributed by atoms with Crippen molar-refractivity contribution < 1.29 is 41.4 Å². The lowest BCUT2D eigenvalue weighted by molar-refractivity contribution is -0.192. The largest absolute Gasteiger partial charge is 0.490 e. The zero-order chi connectivity index (χ0) is 27.2. The van der Waals surface area contributed by atoms with Crippen LogP contribution in [0.5, 0.6) is 0 Å². The third-order valence-electron chi connectivity index (χ3n) is 5.40. The van der Waals surface area contributed by atoms with Gasteiger partial charge in [0.05, 0.1) is 12.6 Å². The highest BCUT2D eigenvalue weighted by molar-refractivity contribution is 7.09. The molecule has 0 radical (unpaired) electrons. The van der Waals surface area contributed by atoms with Crippen LogP contribution in [0.4, 0.5) is 37.6 Å². The van der Waals surface area contributed by atoms with E-state index >= 15 is 0 Å². The predicted molar refractivity (Wildman–Crippen MR) is 125 cm³/mol. The molecule has 2 aromatic rings. The standard InChI is InChI=1S/C20H23F2N5O2S.C2HF3O2/c1-12-23-19(30-26-12)25-20(28)27-5-2-13(3-6-27)8-16-17(21)9-15(10-18(16)22)24-14-4-7-29-11-14;3-2(4,5)1(6)7/h8-10,14,24H,2-7,11H2,1H3,(H,23,25,26,28);(H,6,7). The number of hydrogen-bond acceptors (Lipinski definition) is 7. The second-order valence-electron chi connectivity index (χ2n) is 8.23. The number of piperidine rings is 1. The molecule has 0 bridgehead atoms. The molecule has 15 heteroatoms. The molecular weight excluding hydrogens is 525 g/mol. The van der Waals surface area contributed by atoms with Gasteiger partial charge in [0, 0.05) is 42.5 Å². The maximum Gasteiger partial charge on any atom is 0.490 e. The number of carbonyl (C=O) groups is 2. The zero-order valence-electron chi connectivity index (χ0n) is 19.6. The summed E-state index contributed by atoms with van der Waals surface area (Å²) in [6, 6.07) is 2.47. The number of aliphatic carboxylic acids is 1. The van der Waals surface area contributed by atoms with Crippen molar-refractivity contribution in [2.75, 3.05) is 36.9 Å². The molecule has 202 valence electrons. The Morgan fingerprint density at radius 2 is 1.84 bits per heavy atom. The number of carboxylic acid groups (broad SMARTS) is 1. The van der Waals surface area contributed by atoms with Gasteiger partial charge >= 0.3 is 18.2 Å². The molecule has 1 aromatic carbocycles. The molecule has 2 amide bonds. The van der Waals surface area contributed by atoms with Crippen molar-refractivity contribution in [3.63, 3.8) is 0 Å². The van der Waals surface area contributed by atoms with Crippen molar-refractivity contribution in [2.45, 2.75) is 38.4 Å². The van der Waals surface area contributed by atoms with Gasteiger partial charge in [-0.05, 0) is 44.4 Å². The number of aromatic nitrogens is 2. The highest BCUT2D eigenvalue weighted by Crippen LogP contribution is 2.26. The van der Waals surface area contributed by atoms with Crippen LogP contribution in [-0.2, 0) is 9.53 Å². The van der Waals surface area contributed by atoms with Gasteiger partial charge in [-0.2, -0.15) is 17.5 Å². The molecular formula is C22H24F5N5O4S. The number of likely N-dealkylation sites (tertiary alicyclic amines) is 1. The van der Waals surface area contributed by atoms with Gasteiger partial charge in [0.2, 0.25) is 5.13 Å². The predicted octanol–water partition coefficient (Wildman–Crippen LogP) is 4.67. The van der Waals surface area contributed by atoms with E-state index in [0.29, 0.717) is 55.8 Å². The molecule has 2 fully saturated rings. The Balaban J connectivity index is 0.000000479. The summed E-state index contributed by atoms with van der Waals surface area (Å²) in [6.07, 6.45) is -1.59. The zero-order valence-corrected chi connectivity index (χ0v) is 20.4. The first-order valence-electron chi connectivity index (χ1n) is 11.1. The molecule has 1 unspecified atom stereocenters. The van der Waals surface area contributed by atoms with Crippen molar-refractivity contribution in [1.29, 1.82) is 0 Å². The van der Waals surface area contributed by atoms with E-state index in [4.69, 9.17) is 14.6 Å². The minimum atomic E-state index is -5.08. The van der Waals surface area contributed by atoms with E-state index in [1.165, 1.54) is 12.1 Å². The summed E-state index contributed by atoms with van der Waals surface area (Å²) in [4.78, 5) is 27.0. The average Bonchev–Trinajstić information content (AvgIpc) is 3.48. The molecule has 2 aliphatic rings. The number of alkyl halides is 3. The highest BCUT2D eigenvalue weighted by atomic mass is 32.1. The third-order valence-corrected chi connectivity index (χ3v) is 6.13. The number of anilines is 2. The fourth-order valence-electron chi connectivity index (χ4n) is 3.55. The number of urea groups is 1. The number of rotatable bonds is 4. The first kappa shape index (κ1) is 28.2. The van der Waals surface area contributed by atoms with Crippen LogP contribution in [0.1, 0.15) is 30.7 Å². The van der Waals surface area contributed by atoms with Crippen LogP contribution in [0.15, 0.2) is 17.7 Å². The van der Waals surface area contributed by atoms with Crippen LogP contribution in [0, 0.1) is 18.6 Å².